The van der Waals surface area contributed by atoms with E-state index in [-0.39, 0.29) is 5.71 Å². The van der Waals surface area contributed by atoms with Crippen molar-refractivity contribution in [2.45, 2.75) is 24.4 Å². The molecule has 2 rings (SSSR count). The summed E-state index contributed by atoms with van der Waals surface area (Å²) in [6, 6.07) is 17.9. The predicted molar refractivity (Wildman–Crippen MR) is 107 cm³/mol. The highest BCUT2D eigenvalue weighted by atomic mass is 16.4. The van der Waals surface area contributed by atoms with E-state index in [1.54, 1.807) is 36.4 Å². The van der Waals surface area contributed by atoms with Crippen molar-refractivity contribution < 1.29 is 25.5 Å². The van der Waals surface area contributed by atoms with Crippen LogP contribution in [0.2, 0.25) is 0 Å². The number of aliphatic hydroxyl groups is 5. The van der Waals surface area contributed by atoms with Crippen molar-refractivity contribution in [2.24, 2.45) is 10.2 Å². The van der Waals surface area contributed by atoms with Crippen molar-refractivity contribution in [2.75, 3.05) is 17.5 Å². The molecule has 2 aromatic carbocycles. The monoisotopic (exact) mass is 388 g/mol. The minimum Gasteiger partial charge on any atom is -0.394 e. The Labute approximate surface area is 162 Å². The number of aliphatic hydroxyl groups excluding tert-OH is 5. The van der Waals surface area contributed by atoms with Crippen LogP contribution < -0.4 is 10.9 Å². The summed E-state index contributed by atoms with van der Waals surface area (Å²) in [7, 11) is 0. The van der Waals surface area contributed by atoms with Crippen LogP contribution in [-0.4, -0.2) is 68.5 Å². The lowest BCUT2D eigenvalue weighted by Gasteiger charge is -2.25. The van der Waals surface area contributed by atoms with Gasteiger partial charge in [0.15, 0.2) is 0 Å². The van der Waals surface area contributed by atoms with Gasteiger partial charge in [0.2, 0.25) is 0 Å². The summed E-state index contributed by atoms with van der Waals surface area (Å²) in [5, 5.41) is 56.7. The molecule has 0 aromatic heterocycles. The number of nitrogens with one attached hydrogen (secondary N) is 2. The SMILES string of the molecule is OCC(O)C(O)C(O)C(O)C(C=NNc1ccccc1)=NNc1ccccc1. The Bertz CT molecular complexity index is 757. The molecule has 0 bridgehead atoms. The quantitative estimate of drug-likeness (QED) is 0.223. The Morgan fingerprint density at radius 2 is 1.36 bits per heavy atom. The van der Waals surface area contributed by atoms with Crippen LogP contribution in [-0.2, 0) is 0 Å². The van der Waals surface area contributed by atoms with Crippen LogP contribution in [0.5, 0.6) is 0 Å². The molecule has 28 heavy (non-hydrogen) atoms. The molecule has 0 saturated heterocycles. The molecule has 2 aromatic rings. The molecule has 0 heterocycles. The fourth-order valence-corrected chi connectivity index (χ4v) is 2.20. The van der Waals surface area contributed by atoms with Gasteiger partial charge in [0.05, 0.1) is 24.2 Å². The molecule has 0 radical (unpaired) electrons. The molecule has 0 amide bonds. The zero-order valence-electron chi connectivity index (χ0n) is 15.0. The normalized spacial score (nSPS) is 16.4. The molecule has 0 aliphatic heterocycles. The first-order valence-electron chi connectivity index (χ1n) is 8.59. The molecule has 9 heteroatoms. The third-order valence-corrected chi connectivity index (χ3v) is 3.81. The van der Waals surface area contributed by atoms with Gasteiger partial charge in [-0.3, -0.25) is 10.9 Å². The fraction of sp³-hybridized carbons (Fsp3) is 0.263. The highest BCUT2D eigenvalue weighted by Crippen LogP contribution is 2.09. The third-order valence-electron chi connectivity index (χ3n) is 3.81. The molecule has 0 spiro atoms. The van der Waals surface area contributed by atoms with Gasteiger partial charge in [-0.25, -0.2) is 0 Å². The van der Waals surface area contributed by atoms with Crippen molar-refractivity contribution in [3.8, 4) is 0 Å². The summed E-state index contributed by atoms with van der Waals surface area (Å²) in [6.07, 6.45) is -5.71. The number of hydrogen-bond acceptors (Lipinski definition) is 9. The number of hydrazone groups is 2. The van der Waals surface area contributed by atoms with E-state index in [9.17, 15) is 20.4 Å². The second kappa shape index (κ2) is 11.1. The lowest BCUT2D eigenvalue weighted by Crippen LogP contribution is -2.49. The standard InChI is InChI=1S/C19H24N4O5/c24-12-16(25)18(27)19(28)17(26)15(23-22-14-9-5-2-6-10-14)11-20-21-13-7-3-1-4-8-13/h1-11,16-19,21-22,24-28H,12H2. The third kappa shape index (κ3) is 6.41. The van der Waals surface area contributed by atoms with Gasteiger partial charge in [-0.15, -0.1) is 0 Å². The van der Waals surface area contributed by atoms with Gasteiger partial charge in [0.25, 0.3) is 0 Å². The summed E-state index contributed by atoms with van der Waals surface area (Å²) >= 11 is 0. The minimum absolute atomic E-state index is 0.107. The first-order valence-corrected chi connectivity index (χ1v) is 8.59. The molecule has 0 aliphatic carbocycles. The number of para-hydroxylation sites is 2. The number of benzene rings is 2. The Morgan fingerprint density at radius 1 is 0.821 bits per heavy atom. The average molecular weight is 388 g/mol. The van der Waals surface area contributed by atoms with E-state index in [2.05, 4.69) is 21.1 Å². The van der Waals surface area contributed by atoms with Gasteiger partial charge in [-0.1, -0.05) is 36.4 Å². The molecule has 0 aliphatic rings. The zero-order chi connectivity index (χ0) is 20.4. The van der Waals surface area contributed by atoms with Gasteiger partial charge in [-0.05, 0) is 24.3 Å². The first kappa shape index (κ1) is 21.5. The number of rotatable bonds is 10. The molecule has 0 saturated carbocycles. The highest BCUT2D eigenvalue weighted by Gasteiger charge is 2.32. The molecular weight excluding hydrogens is 364 g/mol. The first-order chi connectivity index (χ1) is 13.5. The second-order valence-corrected chi connectivity index (χ2v) is 5.93. The van der Waals surface area contributed by atoms with E-state index in [4.69, 9.17) is 5.11 Å². The number of hydrogen-bond donors (Lipinski definition) is 7. The maximum absolute atomic E-state index is 10.4. The van der Waals surface area contributed by atoms with E-state index in [1.807, 2.05) is 24.3 Å². The molecule has 150 valence electrons. The fourth-order valence-electron chi connectivity index (χ4n) is 2.20. The topological polar surface area (TPSA) is 150 Å². The van der Waals surface area contributed by atoms with E-state index in [0.29, 0.717) is 11.4 Å². The maximum atomic E-state index is 10.4. The zero-order valence-corrected chi connectivity index (χ0v) is 15.0. The van der Waals surface area contributed by atoms with E-state index >= 15 is 0 Å². The van der Waals surface area contributed by atoms with Gasteiger partial charge < -0.3 is 25.5 Å². The van der Waals surface area contributed by atoms with Gasteiger partial charge in [0.1, 0.15) is 30.1 Å². The molecule has 7 N–H and O–H groups in total. The Morgan fingerprint density at radius 3 is 1.89 bits per heavy atom. The van der Waals surface area contributed by atoms with Crippen LogP contribution in [0.1, 0.15) is 0 Å². The Hall–Kier alpha value is -2.82. The van der Waals surface area contributed by atoms with Crippen LogP contribution in [0.3, 0.4) is 0 Å². The Balaban J connectivity index is 2.16. The van der Waals surface area contributed by atoms with E-state index in [0.717, 1.165) is 0 Å². The summed E-state index contributed by atoms with van der Waals surface area (Å²) in [5.41, 5.74) is 6.68. The predicted octanol–water partition coefficient (Wildman–Crippen LogP) is -0.0117. The van der Waals surface area contributed by atoms with Gasteiger partial charge >= 0.3 is 0 Å². The summed E-state index contributed by atoms with van der Waals surface area (Å²) in [6.45, 7) is -0.774. The van der Waals surface area contributed by atoms with Crippen LogP contribution in [0.25, 0.3) is 0 Å². The second-order valence-electron chi connectivity index (χ2n) is 5.93. The van der Waals surface area contributed by atoms with Gasteiger partial charge in [-0.2, -0.15) is 10.2 Å². The lowest BCUT2D eigenvalue weighted by atomic mass is 10.0. The summed E-state index contributed by atoms with van der Waals surface area (Å²) in [4.78, 5) is 0. The number of nitrogens with zero attached hydrogens (tertiary/aromatic N) is 2. The summed E-state index contributed by atoms with van der Waals surface area (Å²) in [5.74, 6) is 0. The van der Waals surface area contributed by atoms with Crippen LogP contribution in [0.4, 0.5) is 11.4 Å². The Kier molecular flexibility index (Phi) is 8.53. The lowest BCUT2D eigenvalue weighted by molar-refractivity contribution is -0.100. The average Bonchev–Trinajstić information content (AvgIpc) is 2.75. The van der Waals surface area contributed by atoms with Crippen molar-refractivity contribution in [1.82, 2.24) is 0 Å². The maximum Gasteiger partial charge on any atom is 0.128 e. The highest BCUT2D eigenvalue weighted by molar-refractivity contribution is 6.33. The molecule has 0 fully saturated rings. The van der Waals surface area contributed by atoms with Crippen molar-refractivity contribution in [3.63, 3.8) is 0 Å². The summed E-state index contributed by atoms with van der Waals surface area (Å²) < 4.78 is 0. The smallest absolute Gasteiger partial charge is 0.128 e. The number of anilines is 2. The van der Waals surface area contributed by atoms with E-state index in [1.165, 1.54) is 6.21 Å². The minimum atomic E-state index is -1.80. The van der Waals surface area contributed by atoms with Crippen molar-refractivity contribution in [1.29, 1.82) is 0 Å². The molecule has 4 unspecified atom stereocenters. The van der Waals surface area contributed by atoms with Crippen LogP contribution in [0, 0.1) is 0 Å². The van der Waals surface area contributed by atoms with Gasteiger partial charge in [0, 0.05) is 0 Å². The molecule has 4 atom stereocenters. The van der Waals surface area contributed by atoms with E-state index < -0.39 is 31.0 Å². The molecule has 9 nitrogen and oxygen atoms in total. The van der Waals surface area contributed by atoms with Crippen LogP contribution in [0.15, 0.2) is 70.9 Å². The largest absolute Gasteiger partial charge is 0.394 e. The van der Waals surface area contributed by atoms with Crippen molar-refractivity contribution in [3.05, 3.63) is 60.7 Å². The van der Waals surface area contributed by atoms with Crippen LogP contribution >= 0.6 is 0 Å². The van der Waals surface area contributed by atoms with Crippen molar-refractivity contribution >= 4 is 23.3 Å². The molecular formula is C19H24N4O5.